The first-order valence-corrected chi connectivity index (χ1v) is 9.22. The van der Waals surface area contributed by atoms with E-state index in [-0.39, 0.29) is 11.3 Å². The normalized spacial score (nSPS) is 18.3. The molecule has 1 N–H and O–H groups in total. The van der Waals surface area contributed by atoms with Gasteiger partial charge in [-0.05, 0) is 35.9 Å². The van der Waals surface area contributed by atoms with Crippen molar-refractivity contribution in [3.05, 3.63) is 106 Å². The van der Waals surface area contributed by atoms with E-state index in [4.69, 9.17) is 11.6 Å². The molecule has 1 aliphatic rings. The summed E-state index contributed by atoms with van der Waals surface area (Å²) in [5.41, 5.74) is 1.02. The maximum Gasteiger partial charge on any atom is 0.300 e. The van der Waals surface area contributed by atoms with Gasteiger partial charge in [-0.25, -0.2) is 4.39 Å². The van der Waals surface area contributed by atoms with Gasteiger partial charge in [0.1, 0.15) is 11.6 Å². The van der Waals surface area contributed by atoms with Gasteiger partial charge in [-0.2, -0.15) is 0 Å². The molecule has 1 fully saturated rings. The van der Waals surface area contributed by atoms with Gasteiger partial charge < -0.3 is 5.11 Å². The van der Waals surface area contributed by atoms with Crippen LogP contribution in [0, 0.1) is 5.82 Å². The first-order valence-electron chi connectivity index (χ1n) is 8.85. The Hall–Kier alpha value is -3.44. The number of rotatable bonds is 3. The molecule has 1 saturated heterocycles. The van der Waals surface area contributed by atoms with Crippen LogP contribution in [0.4, 0.5) is 10.1 Å². The Bertz CT molecular complexity index is 1140. The van der Waals surface area contributed by atoms with Crippen molar-refractivity contribution in [1.82, 2.24) is 0 Å². The van der Waals surface area contributed by atoms with Gasteiger partial charge in [0.15, 0.2) is 0 Å². The van der Waals surface area contributed by atoms with Crippen LogP contribution in [0.15, 0.2) is 84.4 Å². The fraction of sp³-hybridized carbons (Fsp3) is 0.0435. The van der Waals surface area contributed by atoms with Crippen molar-refractivity contribution in [2.75, 3.05) is 4.90 Å². The summed E-state index contributed by atoms with van der Waals surface area (Å²) >= 11 is 6.08. The molecule has 0 unspecified atom stereocenters. The highest BCUT2D eigenvalue weighted by molar-refractivity contribution is 6.51. The summed E-state index contributed by atoms with van der Waals surface area (Å²) < 4.78 is 14.0. The van der Waals surface area contributed by atoms with E-state index in [2.05, 4.69) is 0 Å². The number of benzene rings is 3. The highest BCUT2D eigenvalue weighted by Crippen LogP contribution is 2.42. The van der Waals surface area contributed by atoms with Crippen molar-refractivity contribution in [2.45, 2.75) is 6.04 Å². The zero-order valence-electron chi connectivity index (χ0n) is 15.0. The van der Waals surface area contributed by atoms with Crippen LogP contribution in [-0.4, -0.2) is 16.8 Å². The Morgan fingerprint density at radius 2 is 1.66 bits per heavy atom. The first-order chi connectivity index (χ1) is 14.0. The SMILES string of the molecule is O=C1C(=O)N(c2cccc(Cl)c2)[C@@H](c2cccc(F)c2)/C1=C(\O)c1ccccc1. The molecule has 1 aliphatic heterocycles. The van der Waals surface area contributed by atoms with Gasteiger partial charge in [-0.15, -0.1) is 0 Å². The number of carbonyl (C=O) groups excluding carboxylic acids is 2. The number of anilines is 1. The molecule has 144 valence electrons. The number of hydrogen-bond donors (Lipinski definition) is 1. The number of ketones is 1. The zero-order chi connectivity index (χ0) is 20.5. The predicted octanol–water partition coefficient (Wildman–Crippen LogP) is 5.11. The van der Waals surface area contributed by atoms with E-state index in [1.807, 2.05) is 0 Å². The molecule has 0 aromatic heterocycles. The van der Waals surface area contributed by atoms with Crippen molar-refractivity contribution in [3.63, 3.8) is 0 Å². The van der Waals surface area contributed by atoms with E-state index in [0.717, 1.165) is 0 Å². The molecule has 0 spiro atoms. The van der Waals surface area contributed by atoms with Crippen LogP contribution in [0.3, 0.4) is 0 Å². The molecule has 3 aromatic rings. The number of nitrogens with zero attached hydrogens (tertiary/aromatic N) is 1. The molecular formula is C23H15ClFNO3. The quantitative estimate of drug-likeness (QED) is 0.373. The maximum absolute atomic E-state index is 14.0. The Morgan fingerprint density at radius 1 is 0.931 bits per heavy atom. The third-order valence-electron chi connectivity index (χ3n) is 4.74. The lowest BCUT2D eigenvalue weighted by Gasteiger charge is -2.25. The lowest BCUT2D eigenvalue weighted by Crippen LogP contribution is -2.29. The number of carbonyl (C=O) groups is 2. The molecule has 6 heteroatoms. The molecule has 0 aliphatic carbocycles. The summed E-state index contributed by atoms with van der Waals surface area (Å²) in [6.45, 7) is 0. The van der Waals surface area contributed by atoms with E-state index in [1.54, 1.807) is 60.7 Å². The second-order valence-electron chi connectivity index (χ2n) is 6.57. The van der Waals surface area contributed by atoms with E-state index >= 15 is 0 Å². The summed E-state index contributed by atoms with van der Waals surface area (Å²) in [6.07, 6.45) is 0. The molecule has 1 atom stereocenters. The third-order valence-corrected chi connectivity index (χ3v) is 4.98. The second kappa shape index (κ2) is 7.53. The second-order valence-corrected chi connectivity index (χ2v) is 7.01. The van der Waals surface area contributed by atoms with Crippen LogP contribution < -0.4 is 4.90 Å². The molecule has 4 nitrogen and oxygen atoms in total. The Balaban J connectivity index is 1.97. The lowest BCUT2D eigenvalue weighted by molar-refractivity contribution is -0.132. The number of halogens is 2. The van der Waals surface area contributed by atoms with Crippen LogP contribution in [0.1, 0.15) is 17.2 Å². The summed E-state index contributed by atoms with van der Waals surface area (Å²) in [5, 5.41) is 11.3. The smallest absolute Gasteiger partial charge is 0.300 e. The summed E-state index contributed by atoms with van der Waals surface area (Å²) in [4.78, 5) is 27.1. The minimum absolute atomic E-state index is 0.105. The molecular weight excluding hydrogens is 393 g/mol. The number of aliphatic hydroxyl groups is 1. The highest BCUT2D eigenvalue weighted by Gasteiger charge is 2.47. The molecule has 0 radical (unpaired) electrons. The van der Waals surface area contributed by atoms with Gasteiger partial charge in [-0.3, -0.25) is 14.5 Å². The number of aliphatic hydroxyl groups excluding tert-OH is 1. The van der Waals surface area contributed by atoms with Crippen molar-refractivity contribution < 1.29 is 19.1 Å². The Morgan fingerprint density at radius 3 is 2.34 bits per heavy atom. The standard InChI is InChI=1S/C23H15ClFNO3/c24-16-9-5-11-18(13-16)26-20(15-8-4-10-17(25)12-15)19(22(28)23(26)29)21(27)14-6-2-1-3-7-14/h1-13,20,27H/b21-19+/t20-/m0/s1. The van der Waals surface area contributed by atoms with Gasteiger partial charge in [0, 0.05) is 16.3 Å². The van der Waals surface area contributed by atoms with Gasteiger partial charge in [0.05, 0.1) is 11.6 Å². The van der Waals surface area contributed by atoms with E-state index < -0.39 is 23.5 Å². The lowest BCUT2D eigenvalue weighted by atomic mass is 9.95. The van der Waals surface area contributed by atoms with Gasteiger partial charge in [-0.1, -0.05) is 60.1 Å². The van der Waals surface area contributed by atoms with E-state index in [0.29, 0.717) is 21.8 Å². The maximum atomic E-state index is 14.0. The van der Waals surface area contributed by atoms with E-state index in [9.17, 15) is 19.1 Å². The monoisotopic (exact) mass is 407 g/mol. The van der Waals surface area contributed by atoms with Crippen LogP contribution in [0.2, 0.25) is 5.02 Å². The number of amides is 1. The third kappa shape index (κ3) is 3.41. The fourth-order valence-corrected chi connectivity index (χ4v) is 3.65. The molecule has 29 heavy (non-hydrogen) atoms. The van der Waals surface area contributed by atoms with Gasteiger partial charge in [0.25, 0.3) is 11.7 Å². The van der Waals surface area contributed by atoms with E-state index in [1.165, 1.54) is 23.1 Å². The largest absolute Gasteiger partial charge is 0.507 e. The minimum atomic E-state index is -0.996. The van der Waals surface area contributed by atoms with Gasteiger partial charge >= 0.3 is 0 Å². The molecule has 1 amide bonds. The number of Topliss-reactive ketones (excluding diaryl/α,β-unsaturated/α-hetero) is 1. The molecule has 1 heterocycles. The fourth-order valence-electron chi connectivity index (χ4n) is 3.47. The number of hydrogen-bond acceptors (Lipinski definition) is 3. The van der Waals surface area contributed by atoms with Crippen molar-refractivity contribution >= 4 is 34.7 Å². The summed E-state index contributed by atoms with van der Waals surface area (Å²) in [5.74, 6) is -2.50. The predicted molar refractivity (Wildman–Crippen MR) is 109 cm³/mol. The van der Waals surface area contributed by atoms with Crippen LogP contribution >= 0.6 is 11.6 Å². The van der Waals surface area contributed by atoms with Crippen LogP contribution in [0.5, 0.6) is 0 Å². The van der Waals surface area contributed by atoms with Crippen molar-refractivity contribution in [1.29, 1.82) is 0 Å². The van der Waals surface area contributed by atoms with Crippen LogP contribution in [-0.2, 0) is 9.59 Å². The molecule has 4 rings (SSSR count). The Kier molecular flexibility index (Phi) is 4.91. The summed E-state index contributed by atoms with van der Waals surface area (Å²) in [7, 11) is 0. The Labute approximate surface area is 171 Å². The van der Waals surface area contributed by atoms with Gasteiger partial charge in [0.2, 0.25) is 0 Å². The molecule has 0 bridgehead atoms. The highest BCUT2D eigenvalue weighted by atomic mass is 35.5. The first kappa shape index (κ1) is 18.9. The van der Waals surface area contributed by atoms with Crippen LogP contribution in [0.25, 0.3) is 5.76 Å². The average Bonchev–Trinajstić information content (AvgIpc) is 2.99. The topological polar surface area (TPSA) is 57.6 Å². The molecule has 3 aromatic carbocycles. The van der Waals surface area contributed by atoms with Crippen molar-refractivity contribution in [3.8, 4) is 0 Å². The summed E-state index contributed by atoms with van der Waals surface area (Å²) in [6, 6.07) is 19.5. The minimum Gasteiger partial charge on any atom is -0.507 e. The zero-order valence-corrected chi connectivity index (χ0v) is 15.8. The average molecular weight is 408 g/mol. The molecule has 0 saturated carbocycles. The van der Waals surface area contributed by atoms with Crippen molar-refractivity contribution in [2.24, 2.45) is 0 Å².